The Balaban J connectivity index is 2.45. The van der Waals surface area contributed by atoms with E-state index >= 15 is 0 Å². The monoisotopic (exact) mass is 242 g/mol. The number of halogens is 2. The van der Waals surface area contributed by atoms with Crippen molar-refractivity contribution in [1.29, 1.82) is 0 Å². The Kier molecular flexibility index (Phi) is 3.03. The van der Waals surface area contributed by atoms with Crippen LogP contribution in [0.3, 0.4) is 0 Å². The molecule has 0 bridgehead atoms. The molecule has 80 valence electrons. The van der Waals surface area contributed by atoms with E-state index in [2.05, 4.69) is 0 Å². The van der Waals surface area contributed by atoms with Gasteiger partial charge >= 0.3 is 0 Å². The molecule has 0 heterocycles. The van der Waals surface area contributed by atoms with Crippen LogP contribution in [0.2, 0.25) is 5.02 Å². The fourth-order valence-corrected chi connectivity index (χ4v) is 2.85. The van der Waals surface area contributed by atoms with E-state index in [0.29, 0.717) is 5.02 Å². The van der Waals surface area contributed by atoms with Gasteiger partial charge in [-0.05, 0) is 42.1 Å². The summed E-state index contributed by atoms with van der Waals surface area (Å²) in [5.41, 5.74) is 0.486. The number of rotatable bonds is 2. The van der Waals surface area contributed by atoms with Gasteiger partial charge in [0.25, 0.3) is 0 Å². The zero-order valence-electron chi connectivity index (χ0n) is 8.30. The van der Waals surface area contributed by atoms with Crippen LogP contribution < -0.4 is 0 Å². The van der Waals surface area contributed by atoms with Gasteiger partial charge in [0.2, 0.25) is 5.24 Å². The summed E-state index contributed by atoms with van der Waals surface area (Å²) in [6.07, 6.45) is 3.81. The zero-order chi connectivity index (χ0) is 10.9. The van der Waals surface area contributed by atoms with Gasteiger partial charge in [-0.25, -0.2) is 0 Å². The quantitative estimate of drug-likeness (QED) is 0.719. The molecule has 1 fully saturated rings. The van der Waals surface area contributed by atoms with Crippen LogP contribution in [-0.2, 0) is 10.2 Å². The molecule has 15 heavy (non-hydrogen) atoms. The Bertz CT molecular complexity index is 381. The molecule has 0 saturated heterocycles. The standard InChI is InChI=1S/C12H12Cl2O/c13-10-5-3-4-9(8-10)12(11(14)15)6-1-2-7-12/h3-5,8H,1-2,6-7H2. The molecule has 0 aliphatic heterocycles. The number of hydrogen-bond donors (Lipinski definition) is 0. The summed E-state index contributed by atoms with van der Waals surface area (Å²) in [6.45, 7) is 0. The van der Waals surface area contributed by atoms with Crippen molar-refractivity contribution in [3.05, 3.63) is 34.9 Å². The lowest BCUT2D eigenvalue weighted by atomic mass is 9.80. The third-order valence-electron chi connectivity index (χ3n) is 3.21. The van der Waals surface area contributed by atoms with Gasteiger partial charge in [-0.3, -0.25) is 4.79 Å². The highest BCUT2D eigenvalue weighted by Crippen LogP contribution is 2.43. The molecule has 1 aromatic carbocycles. The summed E-state index contributed by atoms with van der Waals surface area (Å²) in [5.74, 6) is 0. The maximum absolute atomic E-state index is 11.6. The predicted molar refractivity (Wildman–Crippen MR) is 62.5 cm³/mol. The van der Waals surface area contributed by atoms with Crippen molar-refractivity contribution >= 4 is 28.4 Å². The first kappa shape index (κ1) is 11.0. The van der Waals surface area contributed by atoms with E-state index in [1.807, 2.05) is 24.3 Å². The van der Waals surface area contributed by atoms with Crippen LogP contribution in [0.15, 0.2) is 24.3 Å². The van der Waals surface area contributed by atoms with Gasteiger partial charge in [0.15, 0.2) is 0 Å². The van der Waals surface area contributed by atoms with Gasteiger partial charge in [-0.2, -0.15) is 0 Å². The van der Waals surface area contributed by atoms with E-state index in [0.717, 1.165) is 31.2 Å². The first-order valence-electron chi connectivity index (χ1n) is 5.11. The summed E-state index contributed by atoms with van der Waals surface area (Å²) in [6, 6.07) is 7.48. The Morgan fingerprint density at radius 2 is 1.93 bits per heavy atom. The van der Waals surface area contributed by atoms with Crippen molar-refractivity contribution in [2.45, 2.75) is 31.1 Å². The van der Waals surface area contributed by atoms with Gasteiger partial charge in [0, 0.05) is 5.02 Å². The normalized spacial score (nSPS) is 19.1. The lowest BCUT2D eigenvalue weighted by molar-refractivity contribution is -0.116. The van der Waals surface area contributed by atoms with Crippen molar-refractivity contribution in [3.63, 3.8) is 0 Å². The molecule has 1 aliphatic carbocycles. The maximum atomic E-state index is 11.6. The summed E-state index contributed by atoms with van der Waals surface area (Å²) in [5, 5.41) is 0.416. The van der Waals surface area contributed by atoms with Crippen molar-refractivity contribution in [3.8, 4) is 0 Å². The predicted octanol–water partition coefficient (Wildman–Crippen LogP) is 3.92. The number of carbonyl (C=O) groups is 1. The van der Waals surface area contributed by atoms with E-state index < -0.39 is 5.41 Å². The number of benzene rings is 1. The lowest BCUT2D eigenvalue weighted by Crippen LogP contribution is -2.29. The second-order valence-corrected chi connectivity index (χ2v) is 4.85. The van der Waals surface area contributed by atoms with E-state index in [1.54, 1.807) is 0 Å². The highest BCUT2D eigenvalue weighted by atomic mass is 35.5. The van der Waals surface area contributed by atoms with Crippen LogP contribution in [0.1, 0.15) is 31.2 Å². The molecular formula is C12H12Cl2O. The first-order chi connectivity index (χ1) is 7.15. The average Bonchev–Trinajstić information content (AvgIpc) is 2.67. The summed E-state index contributed by atoms with van der Waals surface area (Å²) in [7, 11) is 0. The van der Waals surface area contributed by atoms with Crippen LogP contribution in [0.25, 0.3) is 0 Å². The molecule has 0 radical (unpaired) electrons. The fraction of sp³-hybridized carbons (Fsp3) is 0.417. The second-order valence-electron chi connectivity index (χ2n) is 4.07. The number of carbonyl (C=O) groups excluding carboxylic acids is 1. The van der Waals surface area contributed by atoms with Crippen molar-refractivity contribution < 1.29 is 4.79 Å². The first-order valence-corrected chi connectivity index (χ1v) is 5.87. The highest BCUT2D eigenvalue weighted by molar-refractivity contribution is 6.65. The van der Waals surface area contributed by atoms with Gasteiger partial charge in [0.05, 0.1) is 5.41 Å². The smallest absolute Gasteiger partial charge is 0.232 e. The molecule has 1 aliphatic rings. The largest absolute Gasteiger partial charge is 0.280 e. The third kappa shape index (κ3) is 1.91. The van der Waals surface area contributed by atoms with Crippen LogP contribution in [0.4, 0.5) is 0 Å². The van der Waals surface area contributed by atoms with Gasteiger partial charge in [-0.15, -0.1) is 0 Å². The summed E-state index contributed by atoms with van der Waals surface area (Å²) < 4.78 is 0. The summed E-state index contributed by atoms with van der Waals surface area (Å²) in [4.78, 5) is 11.6. The molecular weight excluding hydrogens is 231 g/mol. The van der Waals surface area contributed by atoms with Crippen LogP contribution in [0.5, 0.6) is 0 Å². The molecule has 0 unspecified atom stereocenters. The Hall–Kier alpha value is -0.530. The summed E-state index contributed by atoms with van der Waals surface area (Å²) >= 11 is 11.7. The molecule has 0 N–H and O–H groups in total. The van der Waals surface area contributed by atoms with Crippen LogP contribution >= 0.6 is 23.2 Å². The minimum absolute atomic E-state index is 0.248. The van der Waals surface area contributed by atoms with Crippen LogP contribution in [-0.4, -0.2) is 5.24 Å². The van der Waals surface area contributed by atoms with Crippen molar-refractivity contribution in [1.82, 2.24) is 0 Å². The van der Waals surface area contributed by atoms with Crippen molar-refractivity contribution in [2.24, 2.45) is 0 Å². The van der Waals surface area contributed by atoms with E-state index in [4.69, 9.17) is 23.2 Å². The second kappa shape index (κ2) is 4.15. The average molecular weight is 243 g/mol. The molecule has 0 aromatic heterocycles. The van der Waals surface area contributed by atoms with Gasteiger partial charge < -0.3 is 0 Å². The third-order valence-corrected chi connectivity index (χ3v) is 3.81. The molecule has 0 amide bonds. The molecule has 0 atom stereocenters. The van der Waals surface area contributed by atoms with Crippen molar-refractivity contribution in [2.75, 3.05) is 0 Å². The van der Waals surface area contributed by atoms with Gasteiger partial charge in [0.1, 0.15) is 0 Å². The lowest BCUT2D eigenvalue weighted by Gasteiger charge is -2.24. The SMILES string of the molecule is O=C(Cl)C1(c2cccc(Cl)c2)CCCC1. The molecule has 0 spiro atoms. The van der Waals surface area contributed by atoms with Crippen LogP contribution in [0, 0.1) is 0 Å². The molecule has 1 nitrogen and oxygen atoms in total. The Labute approximate surface area is 99.4 Å². The minimum Gasteiger partial charge on any atom is -0.280 e. The number of hydrogen-bond acceptors (Lipinski definition) is 1. The zero-order valence-corrected chi connectivity index (χ0v) is 9.81. The molecule has 1 saturated carbocycles. The maximum Gasteiger partial charge on any atom is 0.232 e. The Morgan fingerprint density at radius 1 is 1.27 bits per heavy atom. The topological polar surface area (TPSA) is 17.1 Å². The fourth-order valence-electron chi connectivity index (χ4n) is 2.36. The van der Waals surface area contributed by atoms with E-state index in [-0.39, 0.29) is 5.24 Å². The minimum atomic E-state index is -0.480. The van der Waals surface area contributed by atoms with E-state index in [1.165, 1.54) is 0 Å². The highest BCUT2D eigenvalue weighted by Gasteiger charge is 2.41. The molecule has 2 rings (SSSR count). The molecule has 1 aromatic rings. The van der Waals surface area contributed by atoms with Gasteiger partial charge in [-0.1, -0.05) is 36.6 Å². The molecule has 3 heteroatoms. The Morgan fingerprint density at radius 3 is 2.47 bits per heavy atom. The van der Waals surface area contributed by atoms with E-state index in [9.17, 15) is 4.79 Å².